The van der Waals surface area contributed by atoms with Crippen LogP contribution in [0.5, 0.6) is 0 Å². The number of carboxylic acid groups (broad SMARTS) is 1. The minimum atomic E-state index is -2.10. The highest BCUT2D eigenvalue weighted by Crippen LogP contribution is 2.55. The molecule has 0 amide bonds. The summed E-state index contributed by atoms with van der Waals surface area (Å²) in [5, 5.41) is 12.5. The Bertz CT molecular complexity index is 708. The summed E-state index contributed by atoms with van der Waals surface area (Å²) in [5.41, 5.74) is 0. The number of ether oxygens (including phenoxy) is 1. The monoisotopic (exact) mass is 351 g/mol. The zero-order valence-corrected chi connectivity index (χ0v) is 14.7. The van der Waals surface area contributed by atoms with Crippen LogP contribution in [-0.4, -0.2) is 24.0 Å². The summed E-state index contributed by atoms with van der Waals surface area (Å²) >= 11 is 0. The third kappa shape index (κ3) is 3.79. The van der Waals surface area contributed by atoms with Gasteiger partial charge in [0.25, 0.3) is 0 Å². The molecule has 0 aliphatic carbocycles. The van der Waals surface area contributed by atoms with Gasteiger partial charge in [-0.25, -0.2) is 4.79 Å². The molecule has 0 heterocycles. The Labute approximate surface area is 148 Å². The summed E-state index contributed by atoms with van der Waals surface area (Å²) in [6, 6.07) is 30.8. The first-order valence-corrected chi connectivity index (χ1v) is 10.1. The molecular weight excluding hydrogens is 331 g/mol. The SMILES string of the molecule is O=C(O)COC[P+](c1ccccc1)(c1ccccc1)c1ccccc1. The van der Waals surface area contributed by atoms with E-state index in [4.69, 9.17) is 9.84 Å². The van der Waals surface area contributed by atoms with Crippen molar-refractivity contribution in [3.63, 3.8) is 0 Å². The molecule has 0 aliphatic heterocycles. The van der Waals surface area contributed by atoms with Gasteiger partial charge in [-0.15, -0.1) is 0 Å². The molecule has 0 radical (unpaired) electrons. The highest BCUT2D eigenvalue weighted by atomic mass is 31.2. The molecule has 0 saturated carbocycles. The standard InChI is InChI=1S/C21H19O3P/c22-21(23)16-24-17-25(18-10-4-1-5-11-18,19-12-6-2-7-13-19)20-14-8-3-9-15-20/h1-15H,16-17H2/p+1. The fourth-order valence-electron chi connectivity index (χ4n) is 2.99. The fraction of sp³-hybridized carbons (Fsp3) is 0.0952. The highest BCUT2D eigenvalue weighted by Gasteiger charge is 2.45. The van der Waals surface area contributed by atoms with Crippen molar-refractivity contribution in [1.82, 2.24) is 0 Å². The van der Waals surface area contributed by atoms with Crippen LogP contribution >= 0.6 is 7.26 Å². The fourth-order valence-corrected chi connectivity index (χ4v) is 6.74. The maximum atomic E-state index is 11.0. The van der Waals surface area contributed by atoms with Crippen molar-refractivity contribution >= 4 is 29.1 Å². The van der Waals surface area contributed by atoms with Crippen LogP contribution in [0.2, 0.25) is 0 Å². The Kier molecular flexibility index (Phi) is 5.60. The van der Waals surface area contributed by atoms with Crippen LogP contribution in [0.15, 0.2) is 91.0 Å². The molecule has 126 valence electrons. The van der Waals surface area contributed by atoms with Gasteiger partial charge in [-0.2, -0.15) is 0 Å². The van der Waals surface area contributed by atoms with E-state index in [1.54, 1.807) is 0 Å². The Morgan fingerprint density at radius 2 is 1.08 bits per heavy atom. The molecule has 0 atom stereocenters. The number of hydrogen-bond acceptors (Lipinski definition) is 2. The van der Waals surface area contributed by atoms with Gasteiger partial charge in [-0.05, 0) is 36.4 Å². The quantitative estimate of drug-likeness (QED) is 0.666. The first-order valence-electron chi connectivity index (χ1n) is 8.08. The van der Waals surface area contributed by atoms with E-state index in [1.807, 2.05) is 54.6 Å². The average molecular weight is 351 g/mol. The molecule has 0 unspecified atom stereocenters. The normalized spacial score (nSPS) is 11.2. The van der Waals surface area contributed by atoms with E-state index in [9.17, 15) is 4.79 Å². The van der Waals surface area contributed by atoms with Crippen LogP contribution in [0.25, 0.3) is 0 Å². The van der Waals surface area contributed by atoms with E-state index in [2.05, 4.69) is 36.4 Å². The molecule has 1 N–H and O–H groups in total. The van der Waals surface area contributed by atoms with Gasteiger partial charge in [0, 0.05) is 0 Å². The molecule has 3 nitrogen and oxygen atoms in total. The van der Waals surface area contributed by atoms with Crippen molar-refractivity contribution in [3.05, 3.63) is 91.0 Å². The van der Waals surface area contributed by atoms with Gasteiger partial charge >= 0.3 is 5.97 Å². The first kappa shape index (κ1) is 17.3. The van der Waals surface area contributed by atoms with Crippen molar-refractivity contribution in [2.45, 2.75) is 0 Å². The molecule has 0 spiro atoms. The molecule has 3 rings (SSSR count). The van der Waals surface area contributed by atoms with Crippen LogP contribution in [0.4, 0.5) is 0 Å². The Balaban J connectivity index is 2.18. The van der Waals surface area contributed by atoms with E-state index in [-0.39, 0.29) is 6.61 Å². The van der Waals surface area contributed by atoms with Crippen molar-refractivity contribution < 1.29 is 14.6 Å². The van der Waals surface area contributed by atoms with Gasteiger partial charge in [0.2, 0.25) is 0 Å². The maximum Gasteiger partial charge on any atom is 0.329 e. The molecule has 0 bridgehead atoms. The molecule has 0 fully saturated rings. The zero-order valence-electron chi connectivity index (χ0n) is 13.8. The van der Waals surface area contributed by atoms with Gasteiger partial charge in [0.1, 0.15) is 29.8 Å². The lowest BCUT2D eigenvalue weighted by Gasteiger charge is -2.26. The summed E-state index contributed by atoms with van der Waals surface area (Å²) in [5.74, 6) is -0.952. The number of carboxylic acids is 1. The topological polar surface area (TPSA) is 46.5 Å². The molecular formula is C21H20O3P+. The largest absolute Gasteiger partial charge is 0.480 e. The molecule has 25 heavy (non-hydrogen) atoms. The van der Waals surface area contributed by atoms with Crippen molar-refractivity contribution in [3.8, 4) is 0 Å². The minimum absolute atomic E-state index is 0.297. The minimum Gasteiger partial charge on any atom is -0.480 e. The first-order chi connectivity index (χ1) is 12.2. The van der Waals surface area contributed by atoms with E-state index in [0.717, 1.165) is 0 Å². The third-order valence-electron chi connectivity index (χ3n) is 4.10. The summed E-state index contributed by atoms with van der Waals surface area (Å²) in [4.78, 5) is 11.0. The predicted octanol–water partition coefficient (Wildman–Crippen LogP) is 3.04. The number of rotatable bonds is 7. The Hall–Kier alpha value is -2.48. The zero-order chi connectivity index (χ0) is 17.5. The lowest BCUT2D eigenvalue weighted by molar-refractivity contribution is -0.141. The van der Waals surface area contributed by atoms with E-state index < -0.39 is 13.2 Å². The second kappa shape index (κ2) is 8.06. The van der Waals surface area contributed by atoms with Crippen LogP contribution in [0, 0.1) is 0 Å². The molecule has 4 heteroatoms. The Morgan fingerprint density at radius 3 is 1.40 bits per heavy atom. The number of hydrogen-bond donors (Lipinski definition) is 1. The third-order valence-corrected chi connectivity index (χ3v) is 8.21. The van der Waals surface area contributed by atoms with E-state index in [1.165, 1.54) is 15.9 Å². The Morgan fingerprint density at radius 1 is 0.720 bits per heavy atom. The maximum absolute atomic E-state index is 11.0. The lowest BCUT2D eigenvalue weighted by atomic mass is 10.4. The van der Waals surface area contributed by atoms with Gasteiger partial charge in [-0.3, -0.25) is 0 Å². The second-order valence-corrected chi connectivity index (χ2v) is 9.11. The second-order valence-electron chi connectivity index (χ2n) is 5.69. The van der Waals surface area contributed by atoms with Crippen molar-refractivity contribution in [1.29, 1.82) is 0 Å². The van der Waals surface area contributed by atoms with Crippen LogP contribution in [0.3, 0.4) is 0 Å². The number of benzene rings is 3. The average Bonchev–Trinajstić information content (AvgIpc) is 2.67. The molecule has 0 saturated heterocycles. The summed E-state index contributed by atoms with van der Waals surface area (Å²) < 4.78 is 5.67. The summed E-state index contributed by atoms with van der Waals surface area (Å²) in [7, 11) is -2.10. The van der Waals surface area contributed by atoms with Gasteiger partial charge < -0.3 is 9.84 Å². The van der Waals surface area contributed by atoms with E-state index >= 15 is 0 Å². The molecule has 0 aliphatic rings. The van der Waals surface area contributed by atoms with Gasteiger partial charge in [-0.1, -0.05) is 54.6 Å². The van der Waals surface area contributed by atoms with Crippen molar-refractivity contribution in [2.75, 3.05) is 13.0 Å². The van der Waals surface area contributed by atoms with E-state index in [0.29, 0.717) is 6.35 Å². The smallest absolute Gasteiger partial charge is 0.329 e. The highest BCUT2D eigenvalue weighted by molar-refractivity contribution is 7.95. The molecule has 3 aromatic carbocycles. The molecule has 0 aromatic heterocycles. The number of aliphatic carboxylic acids is 1. The summed E-state index contributed by atoms with van der Waals surface area (Å²) in [6.07, 6.45) is 0.358. The molecule has 3 aromatic rings. The van der Waals surface area contributed by atoms with Crippen LogP contribution in [-0.2, 0) is 9.53 Å². The van der Waals surface area contributed by atoms with Crippen molar-refractivity contribution in [2.24, 2.45) is 0 Å². The number of carbonyl (C=O) groups is 1. The lowest BCUT2D eigenvalue weighted by Crippen LogP contribution is -2.34. The van der Waals surface area contributed by atoms with Crippen LogP contribution < -0.4 is 15.9 Å². The van der Waals surface area contributed by atoms with Crippen LogP contribution in [0.1, 0.15) is 0 Å². The summed E-state index contributed by atoms with van der Waals surface area (Å²) in [6.45, 7) is -0.297. The van der Waals surface area contributed by atoms with Gasteiger partial charge in [0.15, 0.2) is 6.35 Å². The van der Waals surface area contributed by atoms with Gasteiger partial charge in [0.05, 0.1) is 0 Å². The predicted molar refractivity (Wildman–Crippen MR) is 104 cm³/mol.